The van der Waals surface area contributed by atoms with Crippen LogP contribution in [0.2, 0.25) is 0 Å². The second-order valence-electron chi connectivity index (χ2n) is 4.98. The molecule has 2 atom stereocenters. The van der Waals surface area contributed by atoms with E-state index >= 15 is 0 Å². The number of rotatable bonds is 5. The van der Waals surface area contributed by atoms with E-state index < -0.39 is 5.54 Å². The van der Waals surface area contributed by atoms with Gasteiger partial charge in [-0.25, -0.2) is 0 Å². The zero-order chi connectivity index (χ0) is 13.9. The van der Waals surface area contributed by atoms with Crippen molar-refractivity contribution in [1.82, 2.24) is 5.32 Å². The average molecular weight is 250 g/mol. The van der Waals surface area contributed by atoms with Crippen molar-refractivity contribution in [1.29, 1.82) is 0 Å². The van der Waals surface area contributed by atoms with Crippen molar-refractivity contribution in [2.75, 3.05) is 0 Å². The van der Waals surface area contributed by atoms with Gasteiger partial charge < -0.3 is 10.8 Å². The molecule has 4 N–H and O–H groups in total. The Hall–Kier alpha value is -1.55. The number of benzene rings is 1. The lowest BCUT2D eigenvalue weighted by Crippen LogP contribution is -2.53. The third-order valence-corrected chi connectivity index (χ3v) is 3.44. The first-order chi connectivity index (χ1) is 8.30. The number of phenols is 1. The minimum Gasteiger partial charge on any atom is -0.508 e. The van der Waals surface area contributed by atoms with Gasteiger partial charge in [-0.3, -0.25) is 10.1 Å². The van der Waals surface area contributed by atoms with Crippen LogP contribution in [-0.2, 0) is 4.79 Å². The molecule has 0 aliphatic carbocycles. The first-order valence-electron chi connectivity index (χ1n) is 6.17. The van der Waals surface area contributed by atoms with E-state index in [0.29, 0.717) is 6.42 Å². The second kappa shape index (κ2) is 5.40. The molecule has 0 aromatic heterocycles. The maximum absolute atomic E-state index is 11.5. The molecule has 0 radical (unpaired) electrons. The summed E-state index contributed by atoms with van der Waals surface area (Å²) in [5.74, 6) is -0.152. The molecular formula is C14H22N2O2. The Labute approximate surface area is 108 Å². The van der Waals surface area contributed by atoms with Gasteiger partial charge in [0.05, 0.1) is 5.54 Å². The van der Waals surface area contributed by atoms with Gasteiger partial charge in [-0.15, -0.1) is 0 Å². The molecule has 0 saturated heterocycles. The fraction of sp³-hybridized carbons (Fsp3) is 0.500. The smallest absolute Gasteiger partial charge is 0.237 e. The average Bonchev–Trinajstić information content (AvgIpc) is 2.28. The SMILES string of the molecule is CCC(C)(NC(C)c1ccc(C)cc1O)C(N)=O. The maximum Gasteiger partial charge on any atom is 0.237 e. The van der Waals surface area contributed by atoms with Crippen molar-refractivity contribution in [3.63, 3.8) is 0 Å². The van der Waals surface area contributed by atoms with E-state index in [1.54, 1.807) is 13.0 Å². The topological polar surface area (TPSA) is 75.3 Å². The zero-order valence-electron chi connectivity index (χ0n) is 11.4. The number of hydrogen-bond donors (Lipinski definition) is 3. The van der Waals surface area contributed by atoms with Crippen LogP contribution in [0.5, 0.6) is 5.75 Å². The van der Waals surface area contributed by atoms with Crippen molar-refractivity contribution in [3.05, 3.63) is 29.3 Å². The minimum atomic E-state index is -0.767. The summed E-state index contributed by atoms with van der Waals surface area (Å²) in [4.78, 5) is 11.5. The van der Waals surface area contributed by atoms with Gasteiger partial charge in [0.25, 0.3) is 0 Å². The van der Waals surface area contributed by atoms with Crippen LogP contribution in [0, 0.1) is 6.92 Å². The van der Waals surface area contributed by atoms with Gasteiger partial charge in [0, 0.05) is 11.6 Å². The maximum atomic E-state index is 11.5. The summed E-state index contributed by atoms with van der Waals surface area (Å²) < 4.78 is 0. The Morgan fingerprint density at radius 3 is 2.61 bits per heavy atom. The van der Waals surface area contributed by atoms with Crippen LogP contribution in [0.4, 0.5) is 0 Å². The van der Waals surface area contributed by atoms with Crippen LogP contribution in [0.25, 0.3) is 0 Å². The van der Waals surface area contributed by atoms with Crippen LogP contribution in [0.15, 0.2) is 18.2 Å². The van der Waals surface area contributed by atoms with E-state index in [-0.39, 0.29) is 17.7 Å². The number of nitrogens with one attached hydrogen (secondary N) is 1. The molecular weight excluding hydrogens is 228 g/mol. The summed E-state index contributed by atoms with van der Waals surface area (Å²) in [5.41, 5.74) is 6.40. The number of hydrogen-bond acceptors (Lipinski definition) is 3. The van der Waals surface area contributed by atoms with Crippen LogP contribution in [0.1, 0.15) is 44.4 Å². The Balaban J connectivity index is 2.94. The van der Waals surface area contributed by atoms with Gasteiger partial charge in [-0.1, -0.05) is 19.1 Å². The standard InChI is InChI=1S/C14H22N2O2/c1-5-14(4,13(15)18)16-10(3)11-7-6-9(2)8-12(11)17/h6-8,10,16-17H,5H2,1-4H3,(H2,15,18). The molecule has 0 heterocycles. The van der Waals surface area contributed by atoms with E-state index in [9.17, 15) is 9.90 Å². The number of phenolic OH excluding ortho intramolecular Hbond substituents is 1. The molecule has 0 bridgehead atoms. The third-order valence-electron chi connectivity index (χ3n) is 3.44. The van der Waals surface area contributed by atoms with Gasteiger partial charge in [0.15, 0.2) is 0 Å². The predicted molar refractivity (Wildman–Crippen MR) is 72.3 cm³/mol. The number of carbonyl (C=O) groups is 1. The predicted octanol–water partition coefficient (Wildman–Crippen LogP) is 2.01. The Kier molecular flexibility index (Phi) is 4.35. The van der Waals surface area contributed by atoms with E-state index in [1.165, 1.54) is 0 Å². The molecule has 1 aromatic carbocycles. The first-order valence-corrected chi connectivity index (χ1v) is 6.17. The lowest BCUT2D eigenvalue weighted by Gasteiger charge is -2.30. The van der Waals surface area contributed by atoms with Gasteiger partial charge in [0.2, 0.25) is 5.91 Å². The third kappa shape index (κ3) is 3.01. The van der Waals surface area contributed by atoms with Crippen molar-refractivity contribution in [2.24, 2.45) is 5.73 Å². The summed E-state index contributed by atoms with van der Waals surface area (Å²) in [6, 6.07) is 5.35. The van der Waals surface area contributed by atoms with Crippen molar-refractivity contribution < 1.29 is 9.90 Å². The lowest BCUT2D eigenvalue weighted by molar-refractivity contribution is -0.124. The fourth-order valence-electron chi connectivity index (χ4n) is 1.92. The summed E-state index contributed by atoms with van der Waals surface area (Å²) in [6.07, 6.45) is 0.597. The highest BCUT2D eigenvalue weighted by Gasteiger charge is 2.31. The molecule has 1 rings (SSSR count). The minimum absolute atomic E-state index is 0.150. The van der Waals surface area contributed by atoms with Gasteiger partial charge in [-0.05, 0) is 38.8 Å². The zero-order valence-corrected chi connectivity index (χ0v) is 11.4. The molecule has 0 spiro atoms. The number of nitrogens with two attached hydrogens (primary N) is 1. The van der Waals surface area contributed by atoms with Gasteiger partial charge >= 0.3 is 0 Å². The number of carbonyl (C=O) groups excluding carboxylic acids is 1. The summed E-state index contributed by atoms with van der Waals surface area (Å²) in [6.45, 7) is 7.50. The first kappa shape index (κ1) is 14.5. The Morgan fingerprint density at radius 2 is 2.17 bits per heavy atom. The lowest BCUT2D eigenvalue weighted by atomic mass is 9.94. The van der Waals surface area contributed by atoms with E-state index in [1.807, 2.05) is 32.9 Å². The molecule has 0 aliphatic rings. The molecule has 0 aliphatic heterocycles. The number of aryl methyl sites for hydroxylation is 1. The highest BCUT2D eigenvalue weighted by Crippen LogP contribution is 2.27. The van der Waals surface area contributed by atoms with E-state index in [0.717, 1.165) is 11.1 Å². The summed E-state index contributed by atoms with van der Waals surface area (Å²) in [5, 5.41) is 13.1. The Bertz CT molecular complexity index is 445. The normalized spacial score (nSPS) is 16.0. The van der Waals surface area contributed by atoms with Gasteiger partial charge in [-0.2, -0.15) is 0 Å². The second-order valence-corrected chi connectivity index (χ2v) is 4.98. The van der Waals surface area contributed by atoms with Crippen molar-refractivity contribution in [3.8, 4) is 5.75 Å². The van der Waals surface area contributed by atoms with Gasteiger partial charge in [0.1, 0.15) is 5.75 Å². The highest BCUT2D eigenvalue weighted by atomic mass is 16.3. The molecule has 2 unspecified atom stereocenters. The summed E-state index contributed by atoms with van der Waals surface area (Å²) >= 11 is 0. The van der Waals surface area contributed by atoms with Crippen LogP contribution < -0.4 is 11.1 Å². The van der Waals surface area contributed by atoms with E-state index in [2.05, 4.69) is 5.32 Å². The van der Waals surface area contributed by atoms with Crippen LogP contribution >= 0.6 is 0 Å². The summed E-state index contributed by atoms with van der Waals surface area (Å²) in [7, 11) is 0. The molecule has 0 fully saturated rings. The number of aromatic hydroxyl groups is 1. The fourth-order valence-corrected chi connectivity index (χ4v) is 1.92. The van der Waals surface area contributed by atoms with Crippen molar-refractivity contribution >= 4 is 5.91 Å². The molecule has 18 heavy (non-hydrogen) atoms. The van der Waals surface area contributed by atoms with E-state index in [4.69, 9.17) is 5.73 Å². The van der Waals surface area contributed by atoms with Crippen LogP contribution in [-0.4, -0.2) is 16.6 Å². The molecule has 4 heteroatoms. The van der Waals surface area contributed by atoms with Crippen molar-refractivity contribution in [2.45, 2.75) is 45.7 Å². The Morgan fingerprint density at radius 1 is 1.56 bits per heavy atom. The quantitative estimate of drug-likeness (QED) is 0.748. The molecule has 100 valence electrons. The molecule has 4 nitrogen and oxygen atoms in total. The number of primary amides is 1. The molecule has 0 saturated carbocycles. The largest absolute Gasteiger partial charge is 0.508 e. The molecule has 1 aromatic rings. The molecule has 1 amide bonds. The van der Waals surface area contributed by atoms with Crippen LogP contribution in [0.3, 0.4) is 0 Å². The highest BCUT2D eigenvalue weighted by molar-refractivity contribution is 5.84. The monoisotopic (exact) mass is 250 g/mol. The number of amides is 1.